The van der Waals surface area contributed by atoms with Gasteiger partial charge in [-0.3, -0.25) is 19.4 Å². The quantitative estimate of drug-likeness (QED) is 0.749. The molecule has 1 N–H and O–H groups in total. The van der Waals surface area contributed by atoms with Crippen LogP contribution >= 0.6 is 11.6 Å². The van der Waals surface area contributed by atoms with Gasteiger partial charge < -0.3 is 19.7 Å². The molecule has 1 saturated heterocycles. The summed E-state index contributed by atoms with van der Waals surface area (Å²) in [6.45, 7) is 1.19. The summed E-state index contributed by atoms with van der Waals surface area (Å²) >= 11 is 5.75. The predicted octanol–water partition coefficient (Wildman–Crippen LogP) is -0.133. The van der Waals surface area contributed by atoms with Crippen LogP contribution in [0.4, 0.5) is 0 Å². The number of hydrogen-bond acceptors (Lipinski definition) is 6. The molecule has 1 aromatic rings. The summed E-state index contributed by atoms with van der Waals surface area (Å²) in [6, 6.07) is 2.91. The standard InChI is InChI=1S/C14H16ClN3O5/c15-10-1-2-16-11(7-10)14(21)17-8-13(20)23-9-12(19)18-3-5-22-6-4-18/h1-2,7H,3-6,8-9H2,(H,17,21). The summed E-state index contributed by atoms with van der Waals surface area (Å²) in [7, 11) is 0. The van der Waals surface area contributed by atoms with Crippen molar-refractivity contribution in [3.05, 3.63) is 29.0 Å². The third-order valence-corrected chi connectivity index (χ3v) is 3.30. The Kier molecular flexibility index (Phi) is 6.30. The van der Waals surface area contributed by atoms with Gasteiger partial charge in [0.15, 0.2) is 6.61 Å². The molecule has 2 amide bonds. The minimum Gasteiger partial charge on any atom is -0.454 e. The predicted molar refractivity (Wildman–Crippen MR) is 79.9 cm³/mol. The van der Waals surface area contributed by atoms with E-state index in [4.69, 9.17) is 21.1 Å². The van der Waals surface area contributed by atoms with Crippen LogP contribution in [0, 0.1) is 0 Å². The number of rotatable bonds is 5. The highest BCUT2D eigenvalue weighted by Crippen LogP contribution is 2.07. The van der Waals surface area contributed by atoms with E-state index in [0.717, 1.165) is 0 Å². The van der Waals surface area contributed by atoms with E-state index < -0.39 is 11.9 Å². The molecule has 0 bridgehead atoms. The lowest BCUT2D eigenvalue weighted by Crippen LogP contribution is -2.43. The Bertz CT molecular complexity index is 590. The molecule has 0 unspecified atom stereocenters. The molecule has 1 aromatic heterocycles. The molecule has 124 valence electrons. The van der Waals surface area contributed by atoms with E-state index in [1.165, 1.54) is 18.3 Å². The van der Waals surface area contributed by atoms with Gasteiger partial charge in [0.25, 0.3) is 11.8 Å². The zero-order valence-corrected chi connectivity index (χ0v) is 13.0. The van der Waals surface area contributed by atoms with E-state index in [0.29, 0.717) is 31.3 Å². The van der Waals surface area contributed by atoms with Crippen LogP contribution in [0.3, 0.4) is 0 Å². The maximum Gasteiger partial charge on any atom is 0.325 e. The number of nitrogens with one attached hydrogen (secondary N) is 1. The van der Waals surface area contributed by atoms with E-state index in [1.807, 2.05) is 0 Å². The van der Waals surface area contributed by atoms with Crippen LogP contribution < -0.4 is 5.32 Å². The number of carbonyl (C=O) groups is 3. The summed E-state index contributed by atoms with van der Waals surface area (Å²) in [6.07, 6.45) is 1.39. The maximum absolute atomic E-state index is 11.8. The van der Waals surface area contributed by atoms with Gasteiger partial charge in [0.2, 0.25) is 0 Å². The lowest BCUT2D eigenvalue weighted by molar-refractivity contribution is -0.152. The summed E-state index contributed by atoms with van der Waals surface area (Å²) in [5.41, 5.74) is 0.0923. The van der Waals surface area contributed by atoms with Crippen molar-refractivity contribution in [1.82, 2.24) is 15.2 Å². The molecule has 1 aliphatic rings. The number of halogens is 1. The molecule has 0 spiro atoms. The molecule has 2 rings (SSSR count). The fourth-order valence-corrected chi connectivity index (χ4v) is 2.03. The summed E-state index contributed by atoms with van der Waals surface area (Å²) in [5, 5.41) is 2.71. The summed E-state index contributed by atoms with van der Waals surface area (Å²) in [5.74, 6) is -1.55. The van der Waals surface area contributed by atoms with Gasteiger partial charge in [0, 0.05) is 24.3 Å². The van der Waals surface area contributed by atoms with Crippen molar-refractivity contribution >= 4 is 29.4 Å². The number of pyridine rings is 1. The van der Waals surface area contributed by atoms with Gasteiger partial charge in [-0.25, -0.2) is 0 Å². The molecule has 8 nitrogen and oxygen atoms in total. The fraction of sp³-hybridized carbons (Fsp3) is 0.429. The van der Waals surface area contributed by atoms with Crippen LogP contribution in [0.2, 0.25) is 5.02 Å². The topological polar surface area (TPSA) is 97.8 Å². The van der Waals surface area contributed by atoms with E-state index >= 15 is 0 Å². The minimum absolute atomic E-state index is 0.0923. The summed E-state index contributed by atoms with van der Waals surface area (Å²) < 4.78 is 9.96. The average Bonchev–Trinajstić information content (AvgIpc) is 2.58. The number of ether oxygens (including phenoxy) is 2. The van der Waals surface area contributed by atoms with Crippen molar-refractivity contribution in [3.63, 3.8) is 0 Å². The Balaban J connectivity index is 1.70. The Morgan fingerprint density at radius 1 is 1.35 bits per heavy atom. The second kappa shape index (κ2) is 8.44. The normalized spacial score (nSPS) is 14.2. The molecule has 0 aliphatic carbocycles. The number of carbonyl (C=O) groups excluding carboxylic acids is 3. The Morgan fingerprint density at radius 3 is 2.78 bits per heavy atom. The molecule has 2 heterocycles. The van der Waals surface area contributed by atoms with Gasteiger partial charge in [-0.1, -0.05) is 11.6 Å². The molecule has 23 heavy (non-hydrogen) atoms. The number of morpholine rings is 1. The molecule has 0 radical (unpaired) electrons. The van der Waals surface area contributed by atoms with Gasteiger partial charge in [0.05, 0.1) is 13.2 Å². The largest absolute Gasteiger partial charge is 0.454 e. The zero-order valence-electron chi connectivity index (χ0n) is 12.3. The van der Waals surface area contributed by atoms with E-state index in [9.17, 15) is 14.4 Å². The van der Waals surface area contributed by atoms with Gasteiger partial charge in [-0.05, 0) is 12.1 Å². The monoisotopic (exact) mass is 341 g/mol. The number of nitrogens with zero attached hydrogens (tertiary/aromatic N) is 2. The lowest BCUT2D eigenvalue weighted by atomic mass is 10.3. The number of amides is 2. The van der Waals surface area contributed by atoms with Crippen molar-refractivity contribution < 1.29 is 23.9 Å². The Labute approximate surface area is 137 Å². The van der Waals surface area contributed by atoms with E-state index in [2.05, 4.69) is 10.3 Å². The van der Waals surface area contributed by atoms with Gasteiger partial charge in [-0.2, -0.15) is 0 Å². The van der Waals surface area contributed by atoms with Crippen molar-refractivity contribution in [3.8, 4) is 0 Å². The lowest BCUT2D eigenvalue weighted by Gasteiger charge is -2.26. The van der Waals surface area contributed by atoms with Crippen molar-refractivity contribution in [1.29, 1.82) is 0 Å². The van der Waals surface area contributed by atoms with Crippen LogP contribution in [0.15, 0.2) is 18.3 Å². The molecule has 0 atom stereocenters. The SMILES string of the molecule is O=C(CNC(=O)c1cc(Cl)ccn1)OCC(=O)N1CCOCC1. The van der Waals surface area contributed by atoms with Crippen LogP contribution in [0.25, 0.3) is 0 Å². The molecular weight excluding hydrogens is 326 g/mol. The van der Waals surface area contributed by atoms with Crippen LogP contribution in [0.5, 0.6) is 0 Å². The number of esters is 1. The zero-order chi connectivity index (χ0) is 16.7. The molecule has 0 aromatic carbocycles. The fourth-order valence-electron chi connectivity index (χ4n) is 1.87. The van der Waals surface area contributed by atoms with Crippen molar-refractivity contribution in [2.75, 3.05) is 39.5 Å². The smallest absolute Gasteiger partial charge is 0.325 e. The third kappa shape index (κ3) is 5.50. The van der Waals surface area contributed by atoms with Crippen LogP contribution in [0.1, 0.15) is 10.5 Å². The van der Waals surface area contributed by atoms with Gasteiger partial charge in [-0.15, -0.1) is 0 Å². The first kappa shape index (κ1) is 17.2. The van der Waals surface area contributed by atoms with Crippen molar-refractivity contribution in [2.24, 2.45) is 0 Å². The molecule has 0 saturated carbocycles. The highest BCUT2D eigenvalue weighted by molar-refractivity contribution is 6.30. The highest BCUT2D eigenvalue weighted by Gasteiger charge is 2.18. The maximum atomic E-state index is 11.8. The van der Waals surface area contributed by atoms with Gasteiger partial charge >= 0.3 is 5.97 Å². The van der Waals surface area contributed by atoms with E-state index in [1.54, 1.807) is 4.90 Å². The molecule has 1 aliphatic heterocycles. The van der Waals surface area contributed by atoms with Crippen LogP contribution in [-0.2, 0) is 19.1 Å². The summed E-state index contributed by atoms with van der Waals surface area (Å²) in [4.78, 5) is 40.5. The molecule has 1 fully saturated rings. The number of aromatic nitrogens is 1. The van der Waals surface area contributed by atoms with Gasteiger partial charge in [0.1, 0.15) is 12.2 Å². The Hall–Kier alpha value is -2.19. The molecular formula is C14H16ClN3O5. The number of hydrogen-bond donors (Lipinski definition) is 1. The first-order chi connectivity index (χ1) is 11.1. The highest BCUT2D eigenvalue weighted by atomic mass is 35.5. The van der Waals surface area contributed by atoms with E-state index in [-0.39, 0.29) is 24.8 Å². The Morgan fingerprint density at radius 2 is 2.09 bits per heavy atom. The van der Waals surface area contributed by atoms with Crippen LogP contribution in [-0.4, -0.2) is 67.1 Å². The first-order valence-electron chi connectivity index (χ1n) is 6.97. The third-order valence-electron chi connectivity index (χ3n) is 3.07. The van der Waals surface area contributed by atoms with Crippen molar-refractivity contribution in [2.45, 2.75) is 0 Å². The minimum atomic E-state index is -0.706. The second-order valence-corrected chi connectivity index (χ2v) is 5.13. The second-order valence-electron chi connectivity index (χ2n) is 4.70. The molecule has 9 heteroatoms. The average molecular weight is 342 g/mol. The first-order valence-corrected chi connectivity index (χ1v) is 7.35.